The molecule has 0 N–H and O–H groups in total. The SMILES string of the molecule is CN1CCc2ccc(S(=O)(=O)N3CCC[C@H]3c3ccccc3)cc21. The first-order chi connectivity index (χ1) is 11.6. The van der Waals surface area contributed by atoms with Gasteiger partial charge in [-0.3, -0.25) is 0 Å². The minimum atomic E-state index is -3.47. The van der Waals surface area contributed by atoms with Gasteiger partial charge in [0.1, 0.15) is 0 Å². The second-order valence-electron chi connectivity index (χ2n) is 6.65. The van der Waals surface area contributed by atoms with E-state index in [0.29, 0.717) is 11.4 Å². The van der Waals surface area contributed by atoms with Crippen molar-refractivity contribution in [2.45, 2.75) is 30.2 Å². The lowest BCUT2D eigenvalue weighted by Crippen LogP contribution is -2.30. The van der Waals surface area contributed by atoms with E-state index in [1.807, 2.05) is 49.5 Å². The molecular weight excluding hydrogens is 320 g/mol. The van der Waals surface area contributed by atoms with Crippen LogP contribution in [-0.4, -0.2) is 32.9 Å². The second kappa shape index (κ2) is 5.90. The van der Waals surface area contributed by atoms with E-state index in [1.165, 1.54) is 5.56 Å². The molecule has 0 aromatic heterocycles. The summed E-state index contributed by atoms with van der Waals surface area (Å²) in [6.07, 6.45) is 2.78. The third-order valence-corrected chi connectivity index (χ3v) is 7.08. The molecule has 2 aliphatic rings. The normalized spacial score (nSPS) is 21.2. The van der Waals surface area contributed by atoms with Crippen LogP contribution in [0.2, 0.25) is 0 Å². The van der Waals surface area contributed by atoms with E-state index >= 15 is 0 Å². The Bertz CT molecular complexity index is 849. The number of hydrogen-bond acceptors (Lipinski definition) is 3. The Morgan fingerprint density at radius 3 is 2.62 bits per heavy atom. The van der Waals surface area contributed by atoms with Crippen LogP contribution < -0.4 is 4.90 Å². The average molecular weight is 342 g/mol. The van der Waals surface area contributed by atoms with Crippen LogP contribution in [0, 0.1) is 0 Å². The molecule has 2 heterocycles. The zero-order chi connectivity index (χ0) is 16.7. The summed E-state index contributed by atoms with van der Waals surface area (Å²) >= 11 is 0. The molecule has 0 saturated carbocycles. The fourth-order valence-corrected chi connectivity index (χ4v) is 5.55. The van der Waals surface area contributed by atoms with Crippen molar-refractivity contribution in [3.05, 3.63) is 59.7 Å². The predicted molar refractivity (Wildman–Crippen MR) is 95.7 cm³/mol. The van der Waals surface area contributed by atoms with Crippen molar-refractivity contribution in [3.8, 4) is 0 Å². The van der Waals surface area contributed by atoms with Crippen molar-refractivity contribution in [1.82, 2.24) is 4.31 Å². The highest BCUT2D eigenvalue weighted by atomic mass is 32.2. The topological polar surface area (TPSA) is 40.6 Å². The van der Waals surface area contributed by atoms with Crippen LogP contribution in [0.3, 0.4) is 0 Å². The average Bonchev–Trinajstić information content (AvgIpc) is 3.23. The molecule has 0 amide bonds. The van der Waals surface area contributed by atoms with Gasteiger partial charge in [0.05, 0.1) is 10.9 Å². The monoisotopic (exact) mass is 342 g/mol. The van der Waals surface area contributed by atoms with Crippen LogP contribution in [0.1, 0.15) is 30.0 Å². The number of sulfonamides is 1. The molecule has 0 spiro atoms. The summed E-state index contributed by atoms with van der Waals surface area (Å²) in [6.45, 7) is 1.55. The Balaban J connectivity index is 1.71. The molecule has 1 atom stereocenters. The maximum Gasteiger partial charge on any atom is 0.243 e. The first kappa shape index (κ1) is 15.7. The number of likely N-dealkylation sites (N-methyl/N-ethyl adjacent to an activating group) is 1. The van der Waals surface area contributed by atoms with Crippen molar-refractivity contribution < 1.29 is 8.42 Å². The molecule has 2 aromatic rings. The standard InChI is InChI=1S/C19H22N2O2S/c1-20-13-11-16-9-10-17(14-19(16)20)24(22,23)21-12-5-8-18(21)15-6-3-2-4-7-15/h2-4,6-7,9-10,14,18H,5,8,11-13H2,1H3/t18-/m0/s1. The van der Waals surface area contributed by atoms with Crippen LogP contribution in [0.25, 0.3) is 0 Å². The third kappa shape index (κ3) is 2.52. The van der Waals surface area contributed by atoms with E-state index < -0.39 is 10.0 Å². The van der Waals surface area contributed by atoms with Gasteiger partial charge in [-0.2, -0.15) is 4.31 Å². The molecule has 2 aromatic carbocycles. The zero-order valence-corrected chi connectivity index (χ0v) is 14.7. The van der Waals surface area contributed by atoms with Crippen molar-refractivity contribution in [1.29, 1.82) is 0 Å². The van der Waals surface area contributed by atoms with E-state index in [9.17, 15) is 8.42 Å². The summed E-state index contributed by atoms with van der Waals surface area (Å²) in [7, 11) is -1.46. The number of anilines is 1. The van der Waals surface area contributed by atoms with Gasteiger partial charge in [-0.05, 0) is 42.5 Å². The lowest BCUT2D eigenvalue weighted by molar-refractivity contribution is 0.396. The summed E-state index contributed by atoms with van der Waals surface area (Å²) < 4.78 is 28.1. The van der Waals surface area contributed by atoms with Gasteiger partial charge in [-0.1, -0.05) is 36.4 Å². The minimum absolute atomic E-state index is 0.0535. The van der Waals surface area contributed by atoms with Crippen LogP contribution in [0.4, 0.5) is 5.69 Å². The van der Waals surface area contributed by atoms with E-state index in [1.54, 1.807) is 10.4 Å². The molecular formula is C19H22N2O2S. The van der Waals surface area contributed by atoms with Gasteiger partial charge in [0, 0.05) is 25.8 Å². The van der Waals surface area contributed by atoms with Crippen molar-refractivity contribution in [2.75, 3.05) is 25.0 Å². The van der Waals surface area contributed by atoms with Crippen LogP contribution in [-0.2, 0) is 16.4 Å². The van der Waals surface area contributed by atoms with E-state index in [0.717, 1.165) is 37.1 Å². The van der Waals surface area contributed by atoms with Crippen LogP contribution in [0.15, 0.2) is 53.4 Å². The molecule has 0 radical (unpaired) electrons. The molecule has 4 rings (SSSR count). The lowest BCUT2D eigenvalue weighted by atomic mass is 10.1. The fraction of sp³-hybridized carbons (Fsp3) is 0.368. The first-order valence-electron chi connectivity index (χ1n) is 8.48. The third-order valence-electron chi connectivity index (χ3n) is 5.18. The zero-order valence-electron chi connectivity index (χ0n) is 13.9. The highest BCUT2D eigenvalue weighted by Gasteiger charge is 2.36. The molecule has 4 nitrogen and oxygen atoms in total. The van der Waals surface area contributed by atoms with Gasteiger partial charge in [0.25, 0.3) is 0 Å². The molecule has 2 aliphatic heterocycles. The molecule has 0 aliphatic carbocycles. The summed E-state index contributed by atoms with van der Waals surface area (Å²) in [4.78, 5) is 2.55. The summed E-state index contributed by atoms with van der Waals surface area (Å²) in [6, 6.07) is 15.5. The number of hydrogen-bond donors (Lipinski definition) is 0. The smallest absolute Gasteiger partial charge is 0.243 e. The Hall–Kier alpha value is -1.85. The summed E-state index contributed by atoms with van der Waals surface area (Å²) in [5.41, 5.74) is 3.36. The Morgan fingerprint density at radius 2 is 1.83 bits per heavy atom. The van der Waals surface area contributed by atoms with Crippen LogP contribution >= 0.6 is 0 Å². The maximum atomic E-state index is 13.2. The molecule has 24 heavy (non-hydrogen) atoms. The molecule has 0 unspecified atom stereocenters. The van der Waals surface area contributed by atoms with Gasteiger partial charge in [0.2, 0.25) is 10.0 Å². The quantitative estimate of drug-likeness (QED) is 0.860. The van der Waals surface area contributed by atoms with Gasteiger partial charge in [-0.15, -0.1) is 0 Å². The number of rotatable bonds is 3. The summed E-state index contributed by atoms with van der Waals surface area (Å²) in [5.74, 6) is 0. The minimum Gasteiger partial charge on any atom is -0.374 e. The van der Waals surface area contributed by atoms with E-state index in [2.05, 4.69) is 4.90 Å². The fourth-order valence-electron chi connectivity index (χ4n) is 3.85. The molecule has 0 bridgehead atoms. The number of nitrogens with zero attached hydrogens (tertiary/aromatic N) is 2. The number of benzene rings is 2. The van der Waals surface area contributed by atoms with Crippen molar-refractivity contribution in [3.63, 3.8) is 0 Å². The maximum absolute atomic E-state index is 13.2. The Labute approximate surface area is 143 Å². The van der Waals surface area contributed by atoms with Crippen molar-refractivity contribution >= 4 is 15.7 Å². The Morgan fingerprint density at radius 1 is 1.04 bits per heavy atom. The number of fused-ring (bicyclic) bond motifs is 1. The predicted octanol–water partition coefficient (Wildman–Crippen LogP) is 3.20. The summed E-state index contributed by atoms with van der Waals surface area (Å²) in [5, 5.41) is 0. The van der Waals surface area contributed by atoms with Crippen LogP contribution in [0.5, 0.6) is 0 Å². The van der Waals surface area contributed by atoms with Gasteiger partial charge in [-0.25, -0.2) is 8.42 Å². The van der Waals surface area contributed by atoms with Gasteiger partial charge < -0.3 is 4.90 Å². The van der Waals surface area contributed by atoms with Gasteiger partial charge >= 0.3 is 0 Å². The molecule has 1 saturated heterocycles. The van der Waals surface area contributed by atoms with E-state index in [4.69, 9.17) is 0 Å². The molecule has 5 heteroatoms. The molecule has 1 fully saturated rings. The largest absolute Gasteiger partial charge is 0.374 e. The first-order valence-corrected chi connectivity index (χ1v) is 9.92. The Kier molecular flexibility index (Phi) is 3.85. The van der Waals surface area contributed by atoms with Gasteiger partial charge in [0.15, 0.2) is 0 Å². The highest BCUT2D eigenvalue weighted by Crippen LogP contribution is 2.38. The highest BCUT2D eigenvalue weighted by molar-refractivity contribution is 7.89. The second-order valence-corrected chi connectivity index (χ2v) is 8.54. The van der Waals surface area contributed by atoms with E-state index in [-0.39, 0.29) is 6.04 Å². The lowest BCUT2D eigenvalue weighted by Gasteiger charge is -2.25. The molecule has 126 valence electrons. The van der Waals surface area contributed by atoms with Crippen molar-refractivity contribution in [2.24, 2.45) is 0 Å².